The molecule has 1 amide bonds. The molecule has 0 bridgehead atoms. The zero-order valence-corrected chi connectivity index (χ0v) is 16.5. The largest absolute Gasteiger partial charge is 0.345 e. The number of fused-ring (bicyclic) bond motifs is 1. The summed E-state index contributed by atoms with van der Waals surface area (Å²) in [6.07, 6.45) is 0. The zero-order chi connectivity index (χ0) is 18.3. The van der Waals surface area contributed by atoms with Crippen LogP contribution in [0.1, 0.15) is 15.9 Å². The van der Waals surface area contributed by atoms with Crippen molar-refractivity contribution in [2.45, 2.75) is 6.92 Å². The number of hydrogen-bond donors (Lipinski definition) is 0. The van der Waals surface area contributed by atoms with Gasteiger partial charge in [-0.1, -0.05) is 40.6 Å². The third-order valence-electron chi connectivity index (χ3n) is 4.65. The molecule has 0 N–H and O–H groups in total. The summed E-state index contributed by atoms with van der Waals surface area (Å²) in [5.41, 5.74) is 2.62. The summed E-state index contributed by atoms with van der Waals surface area (Å²) >= 11 is 13.9. The molecular formula is C19H17Cl2N3OS. The first-order valence-corrected chi connectivity index (χ1v) is 9.95. The Balaban J connectivity index is 1.48. The van der Waals surface area contributed by atoms with Crippen LogP contribution in [0.15, 0.2) is 36.4 Å². The summed E-state index contributed by atoms with van der Waals surface area (Å²) in [6, 6.07) is 11.0. The number of anilines is 1. The number of thiazole rings is 1. The number of amides is 1. The van der Waals surface area contributed by atoms with E-state index in [0.717, 1.165) is 39.0 Å². The van der Waals surface area contributed by atoms with Crippen molar-refractivity contribution in [1.29, 1.82) is 0 Å². The molecule has 4 rings (SSSR count). The Bertz CT molecular complexity index is 980. The Morgan fingerprint density at radius 2 is 1.88 bits per heavy atom. The summed E-state index contributed by atoms with van der Waals surface area (Å²) < 4.78 is 1.14. The number of piperazine rings is 1. The summed E-state index contributed by atoms with van der Waals surface area (Å²) in [4.78, 5) is 21.5. The Kier molecular flexibility index (Phi) is 4.78. The lowest BCUT2D eigenvalue weighted by Crippen LogP contribution is -2.48. The molecule has 2 heterocycles. The molecule has 2 aromatic carbocycles. The maximum atomic E-state index is 12.6. The summed E-state index contributed by atoms with van der Waals surface area (Å²) in [5.74, 6) is 0.0269. The first-order chi connectivity index (χ1) is 12.5. The number of hydrogen-bond acceptors (Lipinski definition) is 4. The molecule has 0 spiro atoms. The Morgan fingerprint density at radius 3 is 2.62 bits per heavy atom. The number of rotatable bonds is 2. The lowest BCUT2D eigenvalue weighted by Gasteiger charge is -2.34. The van der Waals surface area contributed by atoms with Crippen molar-refractivity contribution in [1.82, 2.24) is 9.88 Å². The van der Waals surface area contributed by atoms with Crippen molar-refractivity contribution >= 4 is 55.8 Å². The first kappa shape index (κ1) is 17.6. The van der Waals surface area contributed by atoms with Gasteiger partial charge in [0.25, 0.3) is 5.91 Å². The van der Waals surface area contributed by atoms with Crippen LogP contribution in [0.25, 0.3) is 10.2 Å². The van der Waals surface area contributed by atoms with Crippen LogP contribution in [-0.4, -0.2) is 42.0 Å². The predicted octanol–water partition coefficient (Wildman–Crippen LogP) is 4.87. The fourth-order valence-corrected chi connectivity index (χ4v) is 4.55. The molecular weight excluding hydrogens is 389 g/mol. The molecule has 1 saturated heterocycles. The highest BCUT2D eigenvalue weighted by Gasteiger charge is 2.24. The number of nitrogens with zero attached hydrogens (tertiary/aromatic N) is 3. The molecule has 7 heteroatoms. The molecule has 0 saturated carbocycles. The Hall–Kier alpha value is -1.82. The maximum Gasteiger partial charge on any atom is 0.254 e. The average Bonchev–Trinajstić information content (AvgIpc) is 3.09. The smallest absolute Gasteiger partial charge is 0.254 e. The average molecular weight is 406 g/mol. The van der Waals surface area contributed by atoms with E-state index in [1.807, 2.05) is 24.0 Å². The van der Waals surface area contributed by atoms with Gasteiger partial charge in [-0.15, -0.1) is 0 Å². The van der Waals surface area contributed by atoms with Crippen LogP contribution in [0, 0.1) is 6.92 Å². The van der Waals surface area contributed by atoms with Crippen LogP contribution in [0.2, 0.25) is 10.0 Å². The van der Waals surface area contributed by atoms with Gasteiger partial charge in [0.05, 0.1) is 10.2 Å². The van der Waals surface area contributed by atoms with E-state index in [4.69, 9.17) is 28.2 Å². The highest BCUT2D eigenvalue weighted by molar-refractivity contribution is 7.22. The van der Waals surface area contributed by atoms with Crippen molar-refractivity contribution in [3.63, 3.8) is 0 Å². The van der Waals surface area contributed by atoms with Gasteiger partial charge in [-0.2, -0.15) is 0 Å². The second-order valence-electron chi connectivity index (χ2n) is 6.31. The van der Waals surface area contributed by atoms with Gasteiger partial charge in [-0.25, -0.2) is 4.98 Å². The van der Waals surface area contributed by atoms with E-state index in [9.17, 15) is 4.79 Å². The van der Waals surface area contributed by atoms with Gasteiger partial charge >= 0.3 is 0 Å². The van der Waals surface area contributed by atoms with Gasteiger partial charge in [-0.3, -0.25) is 4.79 Å². The van der Waals surface area contributed by atoms with Crippen molar-refractivity contribution in [3.05, 3.63) is 57.6 Å². The monoisotopic (exact) mass is 405 g/mol. The van der Waals surface area contributed by atoms with Crippen LogP contribution in [0.5, 0.6) is 0 Å². The van der Waals surface area contributed by atoms with Gasteiger partial charge in [-0.05, 0) is 42.8 Å². The van der Waals surface area contributed by atoms with Crippen molar-refractivity contribution in [2.24, 2.45) is 0 Å². The lowest BCUT2D eigenvalue weighted by molar-refractivity contribution is 0.0747. The molecule has 0 radical (unpaired) electrons. The van der Waals surface area contributed by atoms with E-state index in [2.05, 4.69) is 4.90 Å². The van der Waals surface area contributed by atoms with Crippen LogP contribution >= 0.6 is 34.5 Å². The SMILES string of the molecule is Cc1c(Cl)ccc2sc(N3CCN(C(=O)c4cccc(Cl)c4)CC3)nc12. The van der Waals surface area contributed by atoms with E-state index >= 15 is 0 Å². The molecule has 3 aromatic rings. The number of carbonyl (C=O) groups is 1. The minimum Gasteiger partial charge on any atom is -0.345 e. The molecule has 1 aliphatic rings. The van der Waals surface area contributed by atoms with E-state index in [1.54, 1.807) is 35.6 Å². The second kappa shape index (κ2) is 7.06. The van der Waals surface area contributed by atoms with E-state index in [1.165, 1.54) is 0 Å². The molecule has 0 unspecified atom stereocenters. The van der Waals surface area contributed by atoms with E-state index in [-0.39, 0.29) is 5.91 Å². The maximum absolute atomic E-state index is 12.6. The molecule has 26 heavy (non-hydrogen) atoms. The van der Waals surface area contributed by atoms with Gasteiger partial charge < -0.3 is 9.80 Å². The fraction of sp³-hybridized carbons (Fsp3) is 0.263. The molecule has 134 valence electrons. The third kappa shape index (κ3) is 3.27. The topological polar surface area (TPSA) is 36.4 Å². The van der Waals surface area contributed by atoms with Gasteiger partial charge in [0, 0.05) is 41.8 Å². The molecule has 0 aliphatic carbocycles. The minimum atomic E-state index is 0.0269. The van der Waals surface area contributed by atoms with Gasteiger partial charge in [0.2, 0.25) is 0 Å². The van der Waals surface area contributed by atoms with Crippen LogP contribution < -0.4 is 4.90 Å². The summed E-state index contributed by atoms with van der Waals surface area (Å²) in [6.45, 7) is 4.86. The zero-order valence-electron chi connectivity index (χ0n) is 14.2. The molecule has 1 fully saturated rings. The second-order valence-corrected chi connectivity index (χ2v) is 8.16. The summed E-state index contributed by atoms with van der Waals surface area (Å²) in [7, 11) is 0. The molecule has 0 atom stereocenters. The van der Waals surface area contributed by atoms with Crippen molar-refractivity contribution < 1.29 is 4.79 Å². The number of halogens is 2. The van der Waals surface area contributed by atoms with Gasteiger partial charge in [0.15, 0.2) is 5.13 Å². The summed E-state index contributed by atoms with van der Waals surface area (Å²) in [5, 5.41) is 2.31. The van der Waals surface area contributed by atoms with Crippen LogP contribution in [0.3, 0.4) is 0 Å². The predicted molar refractivity (Wildman–Crippen MR) is 109 cm³/mol. The molecule has 1 aromatic heterocycles. The van der Waals surface area contributed by atoms with Gasteiger partial charge in [0.1, 0.15) is 0 Å². The highest BCUT2D eigenvalue weighted by Crippen LogP contribution is 2.33. The Morgan fingerprint density at radius 1 is 1.12 bits per heavy atom. The molecule has 1 aliphatic heterocycles. The number of benzene rings is 2. The number of aromatic nitrogens is 1. The third-order valence-corrected chi connectivity index (χ3v) is 6.37. The first-order valence-electron chi connectivity index (χ1n) is 8.38. The van der Waals surface area contributed by atoms with E-state index < -0.39 is 0 Å². The fourth-order valence-electron chi connectivity index (χ4n) is 3.13. The number of aryl methyl sites for hydroxylation is 1. The normalized spacial score (nSPS) is 14.9. The lowest BCUT2D eigenvalue weighted by atomic mass is 10.2. The van der Waals surface area contributed by atoms with Crippen molar-refractivity contribution in [3.8, 4) is 0 Å². The standard InChI is InChI=1S/C19H17Cl2N3OS/c1-12-15(21)5-6-16-17(12)22-19(26-16)24-9-7-23(8-10-24)18(25)13-3-2-4-14(20)11-13/h2-6,11H,7-10H2,1H3. The van der Waals surface area contributed by atoms with E-state index in [0.29, 0.717) is 23.7 Å². The van der Waals surface area contributed by atoms with Crippen LogP contribution in [-0.2, 0) is 0 Å². The molecule has 4 nitrogen and oxygen atoms in total. The number of carbonyl (C=O) groups excluding carboxylic acids is 1. The van der Waals surface area contributed by atoms with Crippen LogP contribution in [0.4, 0.5) is 5.13 Å². The van der Waals surface area contributed by atoms with Crippen molar-refractivity contribution in [2.75, 3.05) is 31.1 Å². The quantitative estimate of drug-likeness (QED) is 0.609. The minimum absolute atomic E-state index is 0.0269. The highest BCUT2D eigenvalue weighted by atomic mass is 35.5. The Labute approximate surface area is 166 Å².